The first kappa shape index (κ1) is 21.2. The number of rotatable bonds is 4. The molecule has 1 aliphatic heterocycles. The molecule has 1 amide bonds. The van der Waals surface area contributed by atoms with Gasteiger partial charge in [0, 0.05) is 36.4 Å². The summed E-state index contributed by atoms with van der Waals surface area (Å²) < 4.78 is 27.2. The van der Waals surface area contributed by atoms with Crippen LogP contribution in [0.25, 0.3) is 0 Å². The molecule has 27 heavy (non-hydrogen) atoms. The highest BCUT2D eigenvalue weighted by Crippen LogP contribution is 2.19. The van der Waals surface area contributed by atoms with Crippen molar-refractivity contribution in [3.63, 3.8) is 0 Å². The summed E-state index contributed by atoms with van der Waals surface area (Å²) >= 11 is 0. The van der Waals surface area contributed by atoms with Crippen molar-refractivity contribution in [3.8, 4) is 0 Å². The number of sulfonamides is 1. The van der Waals surface area contributed by atoms with Crippen molar-refractivity contribution in [1.29, 1.82) is 0 Å². The third-order valence-corrected chi connectivity index (χ3v) is 6.13. The van der Waals surface area contributed by atoms with Crippen molar-refractivity contribution in [2.45, 2.75) is 30.8 Å². The van der Waals surface area contributed by atoms with Crippen molar-refractivity contribution in [2.75, 3.05) is 17.8 Å². The number of carbonyl (C=O) groups excluding carboxylic acids is 1. The summed E-state index contributed by atoms with van der Waals surface area (Å²) in [5.74, 6) is -0.0386. The normalized spacial score (nSPS) is 19.9. The molecule has 0 saturated carbocycles. The quantitative estimate of drug-likeness (QED) is 0.813. The Morgan fingerprint density at radius 1 is 1.07 bits per heavy atom. The molecule has 8 heteroatoms. The van der Waals surface area contributed by atoms with Crippen LogP contribution in [0.4, 0.5) is 5.69 Å². The molecule has 1 saturated heterocycles. The summed E-state index contributed by atoms with van der Waals surface area (Å²) in [5, 5.41) is 3.35. The molecule has 3 rings (SSSR count). The molecule has 0 spiro atoms. The van der Waals surface area contributed by atoms with E-state index in [2.05, 4.69) is 17.0 Å². The topological polar surface area (TPSA) is 78.5 Å². The van der Waals surface area contributed by atoms with Crippen LogP contribution in [0.5, 0.6) is 0 Å². The van der Waals surface area contributed by atoms with E-state index in [1.807, 2.05) is 11.8 Å². The van der Waals surface area contributed by atoms with Crippen LogP contribution in [-0.4, -0.2) is 44.4 Å². The number of benzene rings is 2. The summed E-state index contributed by atoms with van der Waals surface area (Å²) in [6.45, 7) is 5.52. The van der Waals surface area contributed by atoms with E-state index in [1.54, 1.807) is 42.5 Å². The number of anilines is 1. The van der Waals surface area contributed by atoms with Gasteiger partial charge in [-0.1, -0.05) is 18.2 Å². The molecule has 0 aromatic heterocycles. The van der Waals surface area contributed by atoms with E-state index >= 15 is 0 Å². The number of hydrogen-bond donors (Lipinski definition) is 2. The van der Waals surface area contributed by atoms with Crippen LogP contribution in [0.3, 0.4) is 0 Å². The highest BCUT2D eigenvalue weighted by molar-refractivity contribution is 7.92. The second-order valence-corrected chi connectivity index (χ2v) is 8.16. The van der Waals surface area contributed by atoms with Gasteiger partial charge in [-0.25, -0.2) is 8.42 Å². The minimum Gasteiger partial charge on any atom is -0.333 e. The SMILES string of the molecule is CC1NCCN(C(=O)c2ccc(NS(=O)(=O)c3ccccc3)cc2)C1C.Cl. The Bertz CT molecular complexity index is 873. The Labute approximate surface area is 166 Å². The van der Waals surface area contributed by atoms with Crippen molar-refractivity contribution in [1.82, 2.24) is 10.2 Å². The predicted molar refractivity (Wildman–Crippen MR) is 109 cm³/mol. The van der Waals surface area contributed by atoms with Crippen LogP contribution in [0, 0.1) is 0 Å². The van der Waals surface area contributed by atoms with Gasteiger partial charge < -0.3 is 10.2 Å². The first-order valence-electron chi connectivity index (χ1n) is 8.61. The number of nitrogens with one attached hydrogen (secondary N) is 2. The fourth-order valence-electron chi connectivity index (χ4n) is 3.00. The zero-order chi connectivity index (χ0) is 18.7. The first-order valence-corrected chi connectivity index (χ1v) is 10.1. The Morgan fingerprint density at radius 2 is 1.70 bits per heavy atom. The number of carbonyl (C=O) groups is 1. The molecular weight excluding hydrogens is 386 g/mol. The zero-order valence-electron chi connectivity index (χ0n) is 15.3. The van der Waals surface area contributed by atoms with Gasteiger partial charge in [0.2, 0.25) is 0 Å². The Balaban J connectivity index is 0.00000261. The second-order valence-electron chi connectivity index (χ2n) is 6.48. The van der Waals surface area contributed by atoms with Crippen LogP contribution < -0.4 is 10.0 Å². The average molecular weight is 410 g/mol. The van der Waals surface area contributed by atoms with Gasteiger partial charge in [-0.15, -0.1) is 12.4 Å². The molecular formula is C19H24ClN3O3S. The van der Waals surface area contributed by atoms with Crippen molar-refractivity contribution >= 4 is 34.0 Å². The molecule has 6 nitrogen and oxygen atoms in total. The minimum atomic E-state index is -3.64. The molecule has 1 fully saturated rings. The van der Waals surface area contributed by atoms with Gasteiger partial charge in [-0.05, 0) is 50.2 Å². The fraction of sp³-hybridized carbons (Fsp3) is 0.316. The largest absolute Gasteiger partial charge is 0.333 e. The lowest BCUT2D eigenvalue weighted by Gasteiger charge is -2.38. The van der Waals surface area contributed by atoms with Crippen LogP contribution in [0.2, 0.25) is 0 Å². The molecule has 2 N–H and O–H groups in total. The molecule has 1 heterocycles. The maximum absolute atomic E-state index is 12.7. The van der Waals surface area contributed by atoms with Gasteiger partial charge in [0.15, 0.2) is 0 Å². The lowest BCUT2D eigenvalue weighted by atomic mass is 10.1. The summed E-state index contributed by atoms with van der Waals surface area (Å²) in [6, 6.07) is 15.1. The van der Waals surface area contributed by atoms with Crippen LogP contribution >= 0.6 is 12.4 Å². The molecule has 2 unspecified atom stereocenters. The van der Waals surface area contributed by atoms with E-state index < -0.39 is 10.0 Å². The van der Waals surface area contributed by atoms with Gasteiger partial charge in [0.1, 0.15) is 0 Å². The molecule has 2 aromatic carbocycles. The van der Waals surface area contributed by atoms with E-state index in [9.17, 15) is 13.2 Å². The highest BCUT2D eigenvalue weighted by atomic mass is 35.5. The molecule has 0 radical (unpaired) electrons. The van der Waals surface area contributed by atoms with Crippen LogP contribution in [0.15, 0.2) is 59.5 Å². The van der Waals surface area contributed by atoms with Gasteiger partial charge in [0.25, 0.3) is 15.9 Å². The van der Waals surface area contributed by atoms with E-state index in [4.69, 9.17) is 0 Å². The number of amides is 1. The Kier molecular flexibility index (Phi) is 6.86. The Hall–Kier alpha value is -2.09. The highest BCUT2D eigenvalue weighted by Gasteiger charge is 2.28. The molecule has 0 bridgehead atoms. The Morgan fingerprint density at radius 3 is 2.33 bits per heavy atom. The van der Waals surface area contributed by atoms with Crippen LogP contribution in [0.1, 0.15) is 24.2 Å². The summed E-state index contributed by atoms with van der Waals surface area (Å²) in [6.07, 6.45) is 0. The minimum absolute atomic E-state index is 0. The third-order valence-electron chi connectivity index (χ3n) is 4.73. The monoisotopic (exact) mass is 409 g/mol. The molecule has 1 aliphatic rings. The number of nitrogens with zero attached hydrogens (tertiary/aromatic N) is 1. The standard InChI is InChI=1S/C19H23N3O3S.ClH/c1-14-15(2)22(13-12-20-14)19(23)16-8-10-17(11-9-16)21-26(24,25)18-6-4-3-5-7-18;/h3-11,14-15,20-21H,12-13H2,1-2H3;1H. The van der Waals surface area contributed by atoms with Crippen molar-refractivity contribution in [2.24, 2.45) is 0 Å². The van der Waals surface area contributed by atoms with Crippen molar-refractivity contribution in [3.05, 3.63) is 60.2 Å². The van der Waals surface area contributed by atoms with Gasteiger partial charge in [-0.2, -0.15) is 0 Å². The van der Waals surface area contributed by atoms with E-state index in [-0.39, 0.29) is 35.3 Å². The predicted octanol–water partition coefficient (Wildman–Crippen LogP) is 2.73. The van der Waals surface area contributed by atoms with E-state index in [0.717, 1.165) is 6.54 Å². The summed E-state index contributed by atoms with van der Waals surface area (Å²) in [5.41, 5.74) is 0.973. The smallest absolute Gasteiger partial charge is 0.261 e. The zero-order valence-corrected chi connectivity index (χ0v) is 16.9. The number of halogens is 1. The van der Waals surface area contributed by atoms with Crippen molar-refractivity contribution < 1.29 is 13.2 Å². The molecule has 2 atom stereocenters. The average Bonchev–Trinajstić information content (AvgIpc) is 2.64. The van der Waals surface area contributed by atoms with E-state index in [0.29, 0.717) is 17.8 Å². The van der Waals surface area contributed by atoms with E-state index in [1.165, 1.54) is 12.1 Å². The number of hydrogen-bond acceptors (Lipinski definition) is 4. The van der Waals surface area contributed by atoms with Gasteiger partial charge >= 0.3 is 0 Å². The first-order chi connectivity index (χ1) is 12.4. The molecule has 2 aromatic rings. The van der Waals surface area contributed by atoms with Gasteiger partial charge in [0.05, 0.1) is 4.90 Å². The summed E-state index contributed by atoms with van der Waals surface area (Å²) in [7, 11) is -3.64. The molecule has 146 valence electrons. The summed E-state index contributed by atoms with van der Waals surface area (Å²) in [4.78, 5) is 14.8. The lowest BCUT2D eigenvalue weighted by Crippen LogP contribution is -2.57. The van der Waals surface area contributed by atoms with Crippen LogP contribution in [-0.2, 0) is 10.0 Å². The fourth-order valence-corrected chi connectivity index (χ4v) is 4.08. The third kappa shape index (κ3) is 4.80. The lowest BCUT2D eigenvalue weighted by molar-refractivity contribution is 0.0603. The number of piperazine rings is 1. The maximum Gasteiger partial charge on any atom is 0.261 e. The maximum atomic E-state index is 12.7. The molecule has 0 aliphatic carbocycles. The second kappa shape index (κ2) is 8.73. The van der Waals surface area contributed by atoms with Gasteiger partial charge in [-0.3, -0.25) is 9.52 Å².